The van der Waals surface area contributed by atoms with Crippen molar-refractivity contribution >= 4 is 23.4 Å². The van der Waals surface area contributed by atoms with Crippen LogP contribution in [0.1, 0.15) is 49.8 Å². The molecule has 0 heterocycles. The van der Waals surface area contributed by atoms with E-state index in [1.165, 1.54) is 0 Å². The summed E-state index contributed by atoms with van der Waals surface area (Å²) in [5.41, 5.74) is 3.05. The van der Waals surface area contributed by atoms with Crippen molar-refractivity contribution in [2.45, 2.75) is 59.0 Å². The zero-order valence-corrected chi connectivity index (χ0v) is 18.3. The molecule has 156 valence electrons. The van der Waals surface area contributed by atoms with Crippen LogP contribution in [0.3, 0.4) is 0 Å². The number of amides is 2. The van der Waals surface area contributed by atoms with Crippen LogP contribution in [0.2, 0.25) is 5.02 Å². The zero-order valence-electron chi connectivity index (χ0n) is 17.6. The Balaban J connectivity index is 2.25. The number of rotatable bonds is 10. The highest BCUT2D eigenvalue weighted by atomic mass is 35.5. The van der Waals surface area contributed by atoms with Crippen molar-refractivity contribution in [3.8, 4) is 0 Å². The Labute approximate surface area is 179 Å². The molecule has 5 heteroatoms. The lowest BCUT2D eigenvalue weighted by Gasteiger charge is -2.31. The van der Waals surface area contributed by atoms with Crippen molar-refractivity contribution in [2.24, 2.45) is 0 Å². The topological polar surface area (TPSA) is 49.4 Å². The second-order valence-electron chi connectivity index (χ2n) is 7.32. The van der Waals surface area contributed by atoms with E-state index in [2.05, 4.69) is 12.2 Å². The molecule has 0 saturated carbocycles. The summed E-state index contributed by atoms with van der Waals surface area (Å²) in [6.07, 6.45) is 2.75. The minimum Gasteiger partial charge on any atom is -0.354 e. The first-order chi connectivity index (χ1) is 14.0. The molecular weight excluding hydrogens is 384 g/mol. The van der Waals surface area contributed by atoms with Crippen LogP contribution in [0.15, 0.2) is 48.5 Å². The molecule has 2 aromatic rings. The van der Waals surface area contributed by atoms with Crippen LogP contribution >= 0.6 is 11.6 Å². The number of benzene rings is 2. The van der Waals surface area contributed by atoms with E-state index in [1.54, 1.807) is 17.0 Å². The second kappa shape index (κ2) is 11.6. The van der Waals surface area contributed by atoms with Crippen molar-refractivity contribution in [2.75, 3.05) is 6.54 Å². The molecule has 0 aromatic heterocycles. The molecule has 2 amide bonds. The molecule has 1 atom stereocenters. The number of carbonyl (C=O) groups excluding carboxylic acids is 2. The van der Waals surface area contributed by atoms with E-state index >= 15 is 0 Å². The maximum Gasteiger partial charge on any atom is 0.242 e. The van der Waals surface area contributed by atoms with Gasteiger partial charge in [0.1, 0.15) is 6.04 Å². The van der Waals surface area contributed by atoms with Gasteiger partial charge in [-0.1, -0.05) is 68.3 Å². The molecule has 4 nitrogen and oxygen atoms in total. The zero-order chi connectivity index (χ0) is 21.2. The molecule has 2 aromatic carbocycles. The molecule has 2 rings (SSSR count). The summed E-state index contributed by atoms with van der Waals surface area (Å²) in [6, 6.07) is 14.8. The van der Waals surface area contributed by atoms with Gasteiger partial charge in [-0.25, -0.2) is 0 Å². The number of carbonyl (C=O) groups is 2. The summed E-state index contributed by atoms with van der Waals surface area (Å²) in [5.74, 6) is -0.146. The predicted octanol–water partition coefficient (Wildman–Crippen LogP) is 4.91. The van der Waals surface area contributed by atoms with E-state index in [0.29, 0.717) is 24.5 Å². The van der Waals surface area contributed by atoms with E-state index < -0.39 is 6.04 Å². The monoisotopic (exact) mass is 414 g/mol. The first kappa shape index (κ1) is 23.0. The quantitative estimate of drug-likeness (QED) is 0.561. The highest BCUT2D eigenvalue weighted by Crippen LogP contribution is 2.18. The number of unbranched alkanes of at least 4 members (excludes halogenated alkanes) is 1. The normalized spacial score (nSPS) is 11.7. The molecule has 1 N–H and O–H groups in total. The predicted molar refractivity (Wildman–Crippen MR) is 119 cm³/mol. The van der Waals surface area contributed by atoms with E-state index in [1.807, 2.05) is 50.2 Å². The van der Waals surface area contributed by atoms with Crippen LogP contribution in [0, 0.1) is 6.92 Å². The fourth-order valence-corrected chi connectivity index (χ4v) is 3.40. The largest absolute Gasteiger partial charge is 0.354 e. The average molecular weight is 415 g/mol. The lowest BCUT2D eigenvalue weighted by Crippen LogP contribution is -2.49. The summed E-state index contributed by atoms with van der Waals surface area (Å²) in [7, 11) is 0. The van der Waals surface area contributed by atoms with Crippen LogP contribution in [-0.4, -0.2) is 29.3 Å². The third kappa shape index (κ3) is 6.90. The first-order valence-electron chi connectivity index (χ1n) is 10.3. The van der Waals surface area contributed by atoms with Crippen LogP contribution in [0.25, 0.3) is 0 Å². The molecule has 0 aliphatic heterocycles. The molecule has 0 spiro atoms. The standard InChI is InChI=1S/C24H31ClN2O2/c1-4-6-15-26-24(29)22(5-2)27(17-20-10-8-7-9-18(20)3)23(28)16-19-11-13-21(25)14-12-19/h7-14,22H,4-6,15-17H2,1-3H3,(H,26,29). The van der Waals surface area contributed by atoms with Crippen LogP contribution in [0.5, 0.6) is 0 Å². The lowest BCUT2D eigenvalue weighted by molar-refractivity contribution is -0.140. The minimum atomic E-state index is -0.494. The molecule has 0 aliphatic rings. The van der Waals surface area contributed by atoms with Crippen molar-refractivity contribution in [1.29, 1.82) is 0 Å². The number of hydrogen-bond acceptors (Lipinski definition) is 2. The smallest absolute Gasteiger partial charge is 0.242 e. The Hall–Kier alpha value is -2.33. The fourth-order valence-electron chi connectivity index (χ4n) is 3.28. The van der Waals surface area contributed by atoms with Gasteiger partial charge in [-0.05, 0) is 48.6 Å². The van der Waals surface area contributed by atoms with Crippen molar-refractivity contribution in [1.82, 2.24) is 10.2 Å². The summed E-state index contributed by atoms with van der Waals surface area (Å²) in [5, 5.41) is 3.63. The number of halogens is 1. The van der Waals surface area contributed by atoms with Gasteiger partial charge in [0.2, 0.25) is 11.8 Å². The minimum absolute atomic E-state index is 0.0620. The second-order valence-corrected chi connectivity index (χ2v) is 7.76. The maximum atomic E-state index is 13.3. The molecule has 0 radical (unpaired) electrons. The van der Waals surface area contributed by atoms with E-state index in [0.717, 1.165) is 29.5 Å². The van der Waals surface area contributed by atoms with Gasteiger partial charge in [0, 0.05) is 18.1 Å². The van der Waals surface area contributed by atoms with E-state index in [9.17, 15) is 9.59 Å². The van der Waals surface area contributed by atoms with Gasteiger partial charge >= 0.3 is 0 Å². The number of hydrogen-bond donors (Lipinski definition) is 1. The Morgan fingerprint density at radius 2 is 1.76 bits per heavy atom. The number of aryl methyl sites for hydroxylation is 1. The molecule has 0 bridgehead atoms. The highest BCUT2D eigenvalue weighted by Gasteiger charge is 2.28. The Kier molecular flexibility index (Phi) is 9.20. The number of nitrogens with one attached hydrogen (secondary N) is 1. The summed E-state index contributed by atoms with van der Waals surface area (Å²) in [6.45, 7) is 7.11. The fraction of sp³-hybridized carbons (Fsp3) is 0.417. The van der Waals surface area contributed by atoms with Gasteiger partial charge in [0.05, 0.1) is 6.42 Å². The Morgan fingerprint density at radius 3 is 2.38 bits per heavy atom. The van der Waals surface area contributed by atoms with Crippen LogP contribution < -0.4 is 5.32 Å². The Bertz CT molecular complexity index is 805. The van der Waals surface area contributed by atoms with Gasteiger partial charge in [-0.2, -0.15) is 0 Å². The van der Waals surface area contributed by atoms with Gasteiger partial charge in [0.25, 0.3) is 0 Å². The molecular formula is C24H31ClN2O2. The lowest BCUT2D eigenvalue weighted by atomic mass is 10.0. The maximum absolute atomic E-state index is 13.3. The van der Waals surface area contributed by atoms with Crippen LogP contribution in [-0.2, 0) is 22.6 Å². The number of nitrogens with zero attached hydrogens (tertiary/aromatic N) is 1. The molecule has 0 aliphatic carbocycles. The van der Waals surface area contributed by atoms with Gasteiger partial charge < -0.3 is 10.2 Å². The molecule has 0 saturated heterocycles. The molecule has 29 heavy (non-hydrogen) atoms. The SMILES string of the molecule is CCCCNC(=O)C(CC)N(Cc1ccccc1C)C(=O)Cc1ccc(Cl)cc1. The average Bonchev–Trinajstić information content (AvgIpc) is 2.71. The van der Waals surface area contributed by atoms with Gasteiger partial charge in [-0.15, -0.1) is 0 Å². The van der Waals surface area contributed by atoms with Gasteiger partial charge in [0.15, 0.2) is 0 Å². The third-order valence-electron chi connectivity index (χ3n) is 5.09. The summed E-state index contributed by atoms with van der Waals surface area (Å²) >= 11 is 5.96. The van der Waals surface area contributed by atoms with E-state index in [-0.39, 0.29) is 18.2 Å². The van der Waals surface area contributed by atoms with E-state index in [4.69, 9.17) is 11.6 Å². The highest BCUT2D eigenvalue weighted by molar-refractivity contribution is 6.30. The Morgan fingerprint density at radius 1 is 1.07 bits per heavy atom. The van der Waals surface area contributed by atoms with Crippen molar-refractivity contribution in [3.05, 3.63) is 70.2 Å². The van der Waals surface area contributed by atoms with Crippen molar-refractivity contribution in [3.63, 3.8) is 0 Å². The third-order valence-corrected chi connectivity index (χ3v) is 5.34. The molecule has 1 unspecified atom stereocenters. The van der Waals surface area contributed by atoms with Crippen LogP contribution in [0.4, 0.5) is 0 Å². The first-order valence-corrected chi connectivity index (χ1v) is 10.7. The summed E-state index contributed by atoms with van der Waals surface area (Å²) < 4.78 is 0. The van der Waals surface area contributed by atoms with Gasteiger partial charge in [-0.3, -0.25) is 9.59 Å². The summed E-state index contributed by atoms with van der Waals surface area (Å²) in [4.78, 5) is 27.8. The van der Waals surface area contributed by atoms with Crippen molar-refractivity contribution < 1.29 is 9.59 Å². The molecule has 0 fully saturated rings.